The number of aromatic nitrogens is 2. The Bertz CT molecular complexity index is 1490. The molecule has 0 unspecified atom stereocenters. The van der Waals surface area contributed by atoms with Crippen molar-refractivity contribution < 1.29 is 9.13 Å². The summed E-state index contributed by atoms with van der Waals surface area (Å²) in [6.45, 7) is 6.09. The summed E-state index contributed by atoms with van der Waals surface area (Å²) >= 11 is 13.4. The van der Waals surface area contributed by atoms with Crippen molar-refractivity contribution in [2.24, 2.45) is 5.10 Å². The van der Waals surface area contributed by atoms with Gasteiger partial charge in [-0.15, -0.1) is 0 Å². The van der Waals surface area contributed by atoms with E-state index in [-0.39, 0.29) is 18.0 Å². The number of ether oxygens (including phenoxy) is 1. The highest BCUT2D eigenvalue weighted by molar-refractivity contribution is 9.10. The number of hydrogen-bond donors (Lipinski definition) is 0. The molecule has 9 heteroatoms. The van der Waals surface area contributed by atoms with Gasteiger partial charge in [-0.05, 0) is 69.5 Å². The molecule has 180 valence electrons. The van der Waals surface area contributed by atoms with Crippen LogP contribution in [0.3, 0.4) is 0 Å². The van der Waals surface area contributed by atoms with Gasteiger partial charge < -0.3 is 4.74 Å². The van der Waals surface area contributed by atoms with Crippen LogP contribution >= 0.6 is 43.5 Å². The fourth-order valence-corrected chi connectivity index (χ4v) is 4.79. The van der Waals surface area contributed by atoms with Crippen LogP contribution in [-0.2, 0) is 12.0 Å². The van der Waals surface area contributed by atoms with Gasteiger partial charge in [0.15, 0.2) is 5.75 Å². The maximum Gasteiger partial charge on any atom is 0.282 e. The van der Waals surface area contributed by atoms with Crippen molar-refractivity contribution in [1.29, 1.82) is 0 Å². The molecule has 35 heavy (non-hydrogen) atoms. The first kappa shape index (κ1) is 25.5. The van der Waals surface area contributed by atoms with Crippen LogP contribution in [0.25, 0.3) is 10.9 Å². The van der Waals surface area contributed by atoms with Gasteiger partial charge in [0.05, 0.1) is 26.6 Å². The van der Waals surface area contributed by atoms with E-state index in [2.05, 4.69) is 37.0 Å². The van der Waals surface area contributed by atoms with Crippen LogP contribution in [0, 0.1) is 5.82 Å². The Morgan fingerprint density at radius 2 is 1.91 bits per heavy atom. The van der Waals surface area contributed by atoms with E-state index in [1.807, 2.05) is 32.9 Å². The fraction of sp³-hybridized carbons (Fsp3) is 0.192. The topological polar surface area (TPSA) is 56.5 Å². The van der Waals surface area contributed by atoms with Gasteiger partial charge in [-0.3, -0.25) is 4.79 Å². The van der Waals surface area contributed by atoms with Gasteiger partial charge >= 0.3 is 0 Å². The molecule has 4 aromatic rings. The van der Waals surface area contributed by atoms with Gasteiger partial charge in [0.1, 0.15) is 18.2 Å². The summed E-state index contributed by atoms with van der Waals surface area (Å²) in [5.74, 6) is 0.634. The molecule has 0 amide bonds. The second-order valence-electron chi connectivity index (χ2n) is 8.94. The lowest BCUT2D eigenvalue weighted by atomic mass is 9.95. The lowest BCUT2D eigenvalue weighted by Gasteiger charge is -2.20. The Balaban J connectivity index is 1.68. The zero-order valence-corrected chi connectivity index (χ0v) is 23.1. The lowest BCUT2D eigenvalue weighted by Crippen LogP contribution is -2.29. The Hall–Kier alpha value is -2.55. The molecule has 0 atom stereocenters. The van der Waals surface area contributed by atoms with E-state index in [0.29, 0.717) is 43.1 Å². The first-order valence-electron chi connectivity index (χ1n) is 10.7. The van der Waals surface area contributed by atoms with Crippen molar-refractivity contribution in [2.75, 3.05) is 0 Å². The first-order chi connectivity index (χ1) is 16.5. The van der Waals surface area contributed by atoms with Gasteiger partial charge in [0, 0.05) is 9.89 Å². The summed E-state index contributed by atoms with van der Waals surface area (Å²) in [5.41, 5.74) is 1.26. The number of halogens is 4. The first-order valence-corrected chi connectivity index (χ1v) is 12.6. The molecule has 1 aromatic heterocycles. The number of fused-ring (bicyclic) bond motifs is 1. The van der Waals surface area contributed by atoms with Crippen LogP contribution in [0.15, 0.2) is 73.4 Å². The Kier molecular flexibility index (Phi) is 7.45. The molecule has 0 fully saturated rings. The van der Waals surface area contributed by atoms with E-state index in [4.69, 9.17) is 21.3 Å². The third kappa shape index (κ3) is 5.82. The van der Waals surface area contributed by atoms with Crippen LogP contribution in [0.2, 0.25) is 5.02 Å². The molecule has 0 bridgehead atoms. The third-order valence-electron chi connectivity index (χ3n) is 5.09. The maximum atomic E-state index is 13.4. The quantitative estimate of drug-likeness (QED) is 0.217. The van der Waals surface area contributed by atoms with Crippen molar-refractivity contribution in [3.63, 3.8) is 0 Å². The largest absolute Gasteiger partial charge is 0.486 e. The summed E-state index contributed by atoms with van der Waals surface area (Å²) in [4.78, 5) is 18.0. The van der Waals surface area contributed by atoms with E-state index >= 15 is 0 Å². The molecule has 0 radical (unpaired) electrons. The smallest absolute Gasteiger partial charge is 0.282 e. The molecule has 1 heterocycles. The van der Waals surface area contributed by atoms with Crippen molar-refractivity contribution in [3.8, 4) is 5.75 Å². The normalized spacial score (nSPS) is 12.0. The molecule has 5 nitrogen and oxygen atoms in total. The molecule has 0 aliphatic carbocycles. The summed E-state index contributed by atoms with van der Waals surface area (Å²) in [6.07, 6.45) is 1.55. The molecule has 0 N–H and O–H groups in total. The minimum Gasteiger partial charge on any atom is -0.486 e. The van der Waals surface area contributed by atoms with Crippen LogP contribution in [0.5, 0.6) is 5.75 Å². The molecule has 0 aliphatic rings. The summed E-state index contributed by atoms with van der Waals surface area (Å²) < 4.78 is 22.0. The average Bonchev–Trinajstić information content (AvgIpc) is 2.77. The van der Waals surface area contributed by atoms with E-state index in [0.717, 1.165) is 4.47 Å². The SMILES string of the molecule is CC(C)(C)c1nc2ccc(Br)cc2c(=O)n1N=Cc1cc(Cl)c(OCc2cccc(F)c2)c(Br)c1. The Morgan fingerprint density at radius 1 is 1.14 bits per heavy atom. The Morgan fingerprint density at radius 3 is 2.60 bits per heavy atom. The van der Waals surface area contributed by atoms with Crippen molar-refractivity contribution in [2.45, 2.75) is 32.8 Å². The standard InChI is InChI=1S/C26H21Br2ClFN3O2/c1-26(2,3)25-32-22-8-7-17(27)12-19(22)24(34)33(25)31-13-16-10-20(28)23(21(29)11-16)35-14-15-5-4-6-18(30)9-15/h4-13H,14H2,1-3H3. The van der Waals surface area contributed by atoms with E-state index in [9.17, 15) is 9.18 Å². The average molecular weight is 622 g/mol. The maximum absolute atomic E-state index is 13.4. The monoisotopic (exact) mass is 619 g/mol. The van der Waals surface area contributed by atoms with E-state index in [1.54, 1.807) is 36.5 Å². The van der Waals surface area contributed by atoms with Gasteiger partial charge in [-0.2, -0.15) is 9.78 Å². The number of rotatable bonds is 5. The van der Waals surface area contributed by atoms with Gasteiger partial charge in [-0.1, -0.05) is 60.4 Å². The van der Waals surface area contributed by atoms with Gasteiger partial charge in [0.25, 0.3) is 5.56 Å². The highest BCUT2D eigenvalue weighted by atomic mass is 79.9. The number of nitrogens with zero attached hydrogens (tertiary/aromatic N) is 3. The summed E-state index contributed by atoms with van der Waals surface area (Å²) in [6, 6.07) is 15.0. The van der Waals surface area contributed by atoms with Gasteiger partial charge in [-0.25, -0.2) is 9.37 Å². The Labute approximate surface area is 223 Å². The fourth-order valence-electron chi connectivity index (χ4n) is 3.44. The predicted molar refractivity (Wildman–Crippen MR) is 145 cm³/mol. The lowest BCUT2D eigenvalue weighted by molar-refractivity contribution is 0.304. The molecule has 0 saturated carbocycles. The molecule has 3 aromatic carbocycles. The highest BCUT2D eigenvalue weighted by Crippen LogP contribution is 2.35. The van der Waals surface area contributed by atoms with Crippen LogP contribution < -0.4 is 10.3 Å². The molecule has 4 rings (SSSR count). The van der Waals surface area contributed by atoms with Crippen LogP contribution in [0.1, 0.15) is 37.7 Å². The summed E-state index contributed by atoms with van der Waals surface area (Å²) in [5, 5.41) is 5.29. The molecule has 0 spiro atoms. The van der Waals surface area contributed by atoms with Gasteiger partial charge in [0.2, 0.25) is 0 Å². The predicted octanol–water partition coefficient (Wildman–Crippen LogP) is 7.47. The third-order valence-corrected chi connectivity index (χ3v) is 6.46. The van der Waals surface area contributed by atoms with Crippen molar-refractivity contribution in [3.05, 3.63) is 102 Å². The van der Waals surface area contributed by atoms with Crippen LogP contribution in [0.4, 0.5) is 4.39 Å². The second-order valence-corrected chi connectivity index (χ2v) is 11.1. The van der Waals surface area contributed by atoms with E-state index in [1.165, 1.54) is 16.8 Å². The number of benzene rings is 3. The highest BCUT2D eigenvalue weighted by Gasteiger charge is 2.23. The van der Waals surface area contributed by atoms with Crippen molar-refractivity contribution in [1.82, 2.24) is 9.66 Å². The van der Waals surface area contributed by atoms with E-state index < -0.39 is 5.41 Å². The number of hydrogen-bond acceptors (Lipinski definition) is 4. The minimum absolute atomic E-state index is 0.159. The van der Waals surface area contributed by atoms with Crippen LogP contribution in [-0.4, -0.2) is 15.9 Å². The molecular formula is C26H21Br2ClFN3O2. The summed E-state index contributed by atoms with van der Waals surface area (Å²) in [7, 11) is 0. The molecule has 0 aliphatic heterocycles. The van der Waals surface area contributed by atoms with Crippen molar-refractivity contribution >= 4 is 60.6 Å². The molecular weight excluding hydrogens is 601 g/mol. The zero-order valence-electron chi connectivity index (χ0n) is 19.2. The zero-order chi connectivity index (χ0) is 25.3. The molecule has 0 saturated heterocycles. The second kappa shape index (κ2) is 10.2. The minimum atomic E-state index is -0.426.